The molecule has 0 bridgehead atoms. The molecular formula is C22H20BrClN2O5S. The van der Waals surface area contributed by atoms with Crippen LogP contribution >= 0.6 is 27.5 Å². The molecule has 0 saturated heterocycles. The minimum absolute atomic E-state index is 0.116. The number of nitro benzene ring substituents is 1. The number of sulfonamides is 1. The van der Waals surface area contributed by atoms with E-state index in [1.807, 2.05) is 0 Å². The van der Waals surface area contributed by atoms with Gasteiger partial charge in [0.05, 0.1) is 15.9 Å². The van der Waals surface area contributed by atoms with Crippen LogP contribution in [0.3, 0.4) is 0 Å². The molecule has 168 valence electrons. The lowest BCUT2D eigenvalue weighted by atomic mass is 9.82. The molecule has 2 atom stereocenters. The fourth-order valence-electron chi connectivity index (χ4n) is 3.32. The lowest BCUT2D eigenvalue weighted by Gasteiger charge is -2.35. The molecule has 0 radical (unpaired) electrons. The van der Waals surface area contributed by atoms with Crippen LogP contribution in [0.2, 0.25) is 5.02 Å². The third-order valence-corrected chi connectivity index (χ3v) is 7.42. The number of non-ortho nitro benzene ring substituents is 1. The van der Waals surface area contributed by atoms with Gasteiger partial charge in [0.1, 0.15) is 5.60 Å². The van der Waals surface area contributed by atoms with Crippen molar-refractivity contribution in [3.8, 4) is 0 Å². The van der Waals surface area contributed by atoms with Gasteiger partial charge in [-0.1, -0.05) is 51.8 Å². The summed E-state index contributed by atoms with van der Waals surface area (Å²) in [5, 5.41) is 23.1. The van der Waals surface area contributed by atoms with Crippen molar-refractivity contribution in [2.75, 3.05) is 0 Å². The summed E-state index contributed by atoms with van der Waals surface area (Å²) in [6, 6.07) is 17.5. The van der Waals surface area contributed by atoms with Crippen LogP contribution in [0.1, 0.15) is 18.1 Å². The van der Waals surface area contributed by atoms with E-state index < -0.39 is 26.6 Å². The Morgan fingerprint density at radius 1 is 1.12 bits per heavy atom. The summed E-state index contributed by atoms with van der Waals surface area (Å²) >= 11 is 9.36. The number of nitro groups is 1. The van der Waals surface area contributed by atoms with Gasteiger partial charge in [-0.3, -0.25) is 10.1 Å². The smallest absolute Gasteiger partial charge is 0.269 e. The first-order valence-corrected chi connectivity index (χ1v) is 12.2. The van der Waals surface area contributed by atoms with Crippen molar-refractivity contribution in [1.29, 1.82) is 0 Å². The summed E-state index contributed by atoms with van der Waals surface area (Å²) in [6.07, 6.45) is 0.116. The van der Waals surface area contributed by atoms with Gasteiger partial charge in [0.2, 0.25) is 10.0 Å². The van der Waals surface area contributed by atoms with E-state index in [1.54, 1.807) is 55.5 Å². The Balaban J connectivity index is 1.96. The molecule has 2 N–H and O–H groups in total. The van der Waals surface area contributed by atoms with Crippen LogP contribution in [0.15, 0.2) is 82.2 Å². The molecule has 0 aliphatic carbocycles. The molecule has 3 aromatic rings. The van der Waals surface area contributed by atoms with E-state index in [1.165, 1.54) is 0 Å². The normalized spacial score (nSPS) is 14.5. The van der Waals surface area contributed by atoms with Crippen molar-refractivity contribution < 1.29 is 18.4 Å². The number of hydrogen-bond donors (Lipinski definition) is 2. The number of nitrogens with one attached hydrogen (secondary N) is 1. The van der Waals surface area contributed by atoms with Gasteiger partial charge in [-0.2, -0.15) is 0 Å². The maximum absolute atomic E-state index is 12.9. The maximum Gasteiger partial charge on any atom is 0.269 e. The van der Waals surface area contributed by atoms with Crippen molar-refractivity contribution in [2.45, 2.75) is 29.9 Å². The molecule has 10 heteroatoms. The van der Waals surface area contributed by atoms with Crippen molar-refractivity contribution in [3.05, 3.63) is 104 Å². The van der Waals surface area contributed by atoms with Gasteiger partial charge in [-0.25, -0.2) is 13.1 Å². The molecule has 0 spiro atoms. The molecule has 0 aromatic heterocycles. The quantitative estimate of drug-likeness (QED) is 0.315. The van der Waals surface area contributed by atoms with Gasteiger partial charge in [-0.05, 0) is 54.4 Å². The van der Waals surface area contributed by atoms with E-state index in [-0.39, 0.29) is 17.0 Å². The Hall–Kier alpha value is -2.30. The topological polar surface area (TPSA) is 110 Å². The molecule has 0 aliphatic rings. The monoisotopic (exact) mass is 538 g/mol. The zero-order chi connectivity index (χ0) is 23.5. The summed E-state index contributed by atoms with van der Waals surface area (Å²) in [7, 11) is -4.07. The number of hydrogen-bond acceptors (Lipinski definition) is 5. The fraction of sp³-hybridized carbons (Fsp3) is 0.182. The third-order valence-electron chi connectivity index (χ3n) is 5.12. The molecule has 1 unspecified atom stereocenters. The Labute approximate surface area is 199 Å². The molecule has 0 aliphatic heterocycles. The minimum atomic E-state index is -4.07. The predicted octanol–water partition coefficient (Wildman–Crippen LogP) is 4.81. The van der Waals surface area contributed by atoms with Crippen LogP contribution in [-0.4, -0.2) is 24.5 Å². The highest BCUT2D eigenvalue weighted by molar-refractivity contribution is 9.10. The van der Waals surface area contributed by atoms with Gasteiger partial charge in [-0.15, -0.1) is 0 Å². The second kappa shape index (κ2) is 9.68. The average Bonchev–Trinajstić information content (AvgIpc) is 2.75. The van der Waals surface area contributed by atoms with Crippen LogP contribution in [0.25, 0.3) is 0 Å². The Morgan fingerprint density at radius 3 is 2.31 bits per heavy atom. The zero-order valence-corrected chi connectivity index (χ0v) is 20.1. The first-order valence-electron chi connectivity index (χ1n) is 9.51. The first-order chi connectivity index (χ1) is 15.0. The standard InChI is InChI=1S/C22H20BrClN2O5S/c1-15(25-32(30,31)21-11-9-20(10-12-21)26(28)29)22(27,17-3-2-4-18(23)13-17)14-16-5-7-19(24)8-6-16/h2-13,15,25,27H,14H2,1H3/t15-,22?/m0/s1. The molecular weight excluding hydrogens is 520 g/mol. The van der Waals surface area contributed by atoms with Crippen molar-refractivity contribution in [3.63, 3.8) is 0 Å². The summed E-state index contributed by atoms with van der Waals surface area (Å²) in [5.74, 6) is 0. The number of nitrogens with zero attached hydrogens (tertiary/aromatic N) is 1. The van der Waals surface area contributed by atoms with E-state index >= 15 is 0 Å². The van der Waals surface area contributed by atoms with Crippen molar-refractivity contribution in [1.82, 2.24) is 4.72 Å². The van der Waals surface area contributed by atoms with Crippen LogP contribution in [0.4, 0.5) is 5.69 Å². The second-order valence-corrected chi connectivity index (χ2v) is 10.4. The van der Waals surface area contributed by atoms with E-state index in [0.29, 0.717) is 10.6 Å². The lowest BCUT2D eigenvalue weighted by molar-refractivity contribution is -0.384. The summed E-state index contributed by atoms with van der Waals surface area (Å²) in [6.45, 7) is 1.57. The number of halogens is 2. The van der Waals surface area contributed by atoms with Crippen molar-refractivity contribution >= 4 is 43.2 Å². The Bertz CT molecular complexity index is 1220. The van der Waals surface area contributed by atoms with E-state index in [2.05, 4.69) is 20.7 Å². The van der Waals surface area contributed by atoms with Gasteiger partial charge in [0.15, 0.2) is 0 Å². The largest absolute Gasteiger partial charge is 0.383 e. The van der Waals surface area contributed by atoms with Gasteiger partial charge in [0, 0.05) is 28.0 Å². The van der Waals surface area contributed by atoms with E-state index in [4.69, 9.17) is 11.6 Å². The molecule has 3 aromatic carbocycles. The summed E-state index contributed by atoms with van der Waals surface area (Å²) in [4.78, 5) is 10.1. The van der Waals surface area contributed by atoms with Gasteiger partial charge < -0.3 is 5.11 Å². The Kier molecular flexibility index (Phi) is 7.36. The fourth-order valence-corrected chi connectivity index (χ4v) is 5.14. The van der Waals surface area contributed by atoms with E-state index in [0.717, 1.165) is 34.3 Å². The summed E-state index contributed by atoms with van der Waals surface area (Å²) < 4.78 is 29.1. The molecule has 0 fully saturated rings. The molecule has 0 amide bonds. The third kappa shape index (κ3) is 5.54. The highest BCUT2D eigenvalue weighted by atomic mass is 79.9. The molecule has 0 saturated carbocycles. The van der Waals surface area contributed by atoms with E-state index in [9.17, 15) is 23.6 Å². The van der Waals surface area contributed by atoms with Crippen LogP contribution in [0.5, 0.6) is 0 Å². The molecule has 0 heterocycles. The van der Waals surface area contributed by atoms with Crippen LogP contribution in [0, 0.1) is 10.1 Å². The van der Waals surface area contributed by atoms with Gasteiger partial charge >= 0.3 is 0 Å². The van der Waals surface area contributed by atoms with Crippen LogP contribution in [-0.2, 0) is 22.0 Å². The number of aliphatic hydroxyl groups is 1. The van der Waals surface area contributed by atoms with Crippen molar-refractivity contribution in [2.24, 2.45) is 0 Å². The van der Waals surface area contributed by atoms with Crippen LogP contribution < -0.4 is 4.72 Å². The molecule has 32 heavy (non-hydrogen) atoms. The van der Waals surface area contributed by atoms with Gasteiger partial charge in [0.25, 0.3) is 5.69 Å². The summed E-state index contributed by atoms with van der Waals surface area (Å²) in [5.41, 5.74) is -0.546. The SMILES string of the molecule is C[C@H](NS(=O)(=O)c1ccc([N+](=O)[O-])cc1)C(O)(Cc1ccc(Cl)cc1)c1cccc(Br)c1. The first kappa shape index (κ1) is 24.3. The Morgan fingerprint density at radius 2 is 1.75 bits per heavy atom. The maximum atomic E-state index is 12.9. The second-order valence-electron chi connectivity index (χ2n) is 7.33. The highest BCUT2D eigenvalue weighted by Crippen LogP contribution is 2.32. The molecule has 3 rings (SSSR count). The predicted molar refractivity (Wildman–Crippen MR) is 126 cm³/mol. The number of benzene rings is 3. The highest BCUT2D eigenvalue weighted by Gasteiger charge is 2.38. The minimum Gasteiger partial charge on any atom is -0.383 e. The number of rotatable bonds is 8. The average molecular weight is 540 g/mol. The lowest BCUT2D eigenvalue weighted by Crippen LogP contribution is -2.50. The molecule has 7 nitrogen and oxygen atoms in total. The zero-order valence-electron chi connectivity index (χ0n) is 16.9.